The normalized spacial score (nSPS) is 10.1. The number of hydrogen-bond donors (Lipinski definition) is 1. The van der Waals surface area contributed by atoms with E-state index in [0.29, 0.717) is 0 Å². The molecule has 76 valence electrons. The van der Waals surface area contributed by atoms with Crippen molar-refractivity contribution < 1.29 is 9.90 Å². The van der Waals surface area contributed by atoms with Crippen LogP contribution < -0.4 is 0 Å². The Morgan fingerprint density at radius 1 is 1.07 bits per heavy atom. The fourth-order valence-electron chi connectivity index (χ4n) is 1.38. The standard InChI is InChI=1S/C12H16O2/c13-9-3-1-2-4-11-5-7-12(10-14)8-6-11/h5-8,10,13H,1-4,9H2. The van der Waals surface area contributed by atoms with Gasteiger partial charge in [-0.3, -0.25) is 4.79 Å². The van der Waals surface area contributed by atoms with Crippen LogP contribution >= 0.6 is 0 Å². The molecule has 0 spiro atoms. The maximum atomic E-state index is 10.4. The molecule has 0 saturated heterocycles. The van der Waals surface area contributed by atoms with Crippen molar-refractivity contribution in [3.8, 4) is 0 Å². The number of carbonyl (C=O) groups excluding carboxylic acids is 1. The van der Waals surface area contributed by atoms with Gasteiger partial charge in [0.05, 0.1) is 0 Å². The first-order chi connectivity index (χ1) is 6.86. The molecule has 14 heavy (non-hydrogen) atoms. The van der Waals surface area contributed by atoms with Crippen LogP contribution in [0.4, 0.5) is 0 Å². The first kappa shape index (κ1) is 10.9. The fraction of sp³-hybridized carbons (Fsp3) is 0.417. The van der Waals surface area contributed by atoms with Crippen molar-refractivity contribution in [3.05, 3.63) is 35.4 Å². The van der Waals surface area contributed by atoms with E-state index in [9.17, 15) is 4.79 Å². The second kappa shape index (κ2) is 6.33. The maximum absolute atomic E-state index is 10.4. The summed E-state index contributed by atoms with van der Waals surface area (Å²) in [5, 5.41) is 8.59. The monoisotopic (exact) mass is 192 g/mol. The summed E-state index contributed by atoms with van der Waals surface area (Å²) < 4.78 is 0. The van der Waals surface area contributed by atoms with Gasteiger partial charge in [0.2, 0.25) is 0 Å². The molecule has 0 atom stereocenters. The minimum absolute atomic E-state index is 0.282. The van der Waals surface area contributed by atoms with Gasteiger partial charge in [-0.1, -0.05) is 30.7 Å². The van der Waals surface area contributed by atoms with E-state index in [2.05, 4.69) is 0 Å². The van der Waals surface area contributed by atoms with Crippen molar-refractivity contribution in [2.75, 3.05) is 6.61 Å². The molecule has 1 aromatic carbocycles. The van der Waals surface area contributed by atoms with Crippen LogP contribution in [0.3, 0.4) is 0 Å². The molecule has 2 nitrogen and oxygen atoms in total. The molecule has 0 unspecified atom stereocenters. The molecule has 0 aromatic heterocycles. The van der Waals surface area contributed by atoms with Gasteiger partial charge < -0.3 is 5.11 Å². The highest BCUT2D eigenvalue weighted by molar-refractivity contribution is 5.74. The fourth-order valence-corrected chi connectivity index (χ4v) is 1.38. The summed E-state index contributed by atoms with van der Waals surface area (Å²) in [6.07, 6.45) is 4.92. The van der Waals surface area contributed by atoms with E-state index in [4.69, 9.17) is 5.11 Å². The van der Waals surface area contributed by atoms with Crippen molar-refractivity contribution in [2.45, 2.75) is 25.7 Å². The van der Waals surface area contributed by atoms with E-state index >= 15 is 0 Å². The van der Waals surface area contributed by atoms with Gasteiger partial charge in [-0.15, -0.1) is 0 Å². The summed E-state index contributed by atoms with van der Waals surface area (Å²) in [5.74, 6) is 0. The molecule has 2 heteroatoms. The first-order valence-electron chi connectivity index (χ1n) is 5.02. The number of carbonyl (C=O) groups is 1. The second-order valence-corrected chi connectivity index (χ2v) is 3.39. The Morgan fingerprint density at radius 2 is 1.79 bits per heavy atom. The highest BCUT2D eigenvalue weighted by Crippen LogP contribution is 2.07. The summed E-state index contributed by atoms with van der Waals surface area (Å²) in [7, 11) is 0. The number of aliphatic hydroxyl groups is 1. The van der Waals surface area contributed by atoms with Gasteiger partial charge in [0, 0.05) is 12.2 Å². The van der Waals surface area contributed by atoms with E-state index in [1.807, 2.05) is 24.3 Å². The Kier molecular flexibility index (Phi) is 4.94. The maximum Gasteiger partial charge on any atom is 0.150 e. The Balaban J connectivity index is 2.32. The molecule has 0 bridgehead atoms. The molecular formula is C12H16O2. The minimum Gasteiger partial charge on any atom is -0.396 e. The minimum atomic E-state index is 0.282. The lowest BCUT2D eigenvalue weighted by Gasteiger charge is -2.00. The van der Waals surface area contributed by atoms with Crippen LogP contribution in [0.2, 0.25) is 0 Å². The van der Waals surface area contributed by atoms with E-state index in [1.165, 1.54) is 5.56 Å². The topological polar surface area (TPSA) is 37.3 Å². The summed E-state index contributed by atoms with van der Waals surface area (Å²) in [6, 6.07) is 7.66. The Morgan fingerprint density at radius 3 is 2.36 bits per heavy atom. The molecule has 0 aliphatic heterocycles. The average Bonchev–Trinajstić information content (AvgIpc) is 2.25. The van der Waals surface area contributed by atoms with E-state index in [0.717, 1.165) is 37.5 Å². The van der Waals surface area contributed by atoms with Crippen LogP contribution in [0.1, 0.15) is 35.2 Å². The van der Waals surface area contributed by atoms with Gasteiger partial charge >= 0.3 is 0 Å². The number of aldehydes is 1. The van der Waals surface area contributed by atoms with Gasteiger partial charge in [-0.2, -0.15) is 0 Å². The lowest BCUT2D eigenvalue weighted by atomic mass is 10.1. The smallest absolute Gasteiger partial charge is 0.150 e. The third-order valence-electron chi connectivity index (χ3n) is 2.24. The predicted molar refractivity (Wildman–Crippen MR) is 56.5 cm³/mol. The molecule has 0 amide bonds. The summed E-state index contributed by atoms with van der Waals surface area (Å²) in [4.78, 5) is 10.4. The Hall–Kier alpha value is -1.15. The summed E-state index contributed by atoms with van der Waals surface area (Å²) in [6.45, 7) is 0.282. The van der Waals surface area contributed by atoms with E-state index < -0.39 is 0 Å². The van der Waals surface area contributed by atoms with Crippen molar-refractivity contribution in [3.63, 3.8) is 0 Å². The molecule has 0 aliphatic rings. The van der Waals surface area contributed by atoms with Gasteiger partial charge in [0.15, 0.2) is 0 Å². The summed E-state index contributed by atoms with van der Waals surface area (Å²) in [5.41, 5.74) is 1.98. The predicted octanol–water partition coefficient (Wildman–Crippen LogP) is 2.20. The lowest BCUT2D eigenvalue weighted by Crippen LogP contribution is -1.88. The van der Waals surface area contributed by atoms with Crippen molar-refractivity contribution >= 4 is 6.29 Å². The van der Waals surface area contributed by atoms with E-state index in [-0.39, 0.29) is 6.61 Å². The molecule has 0 saturated carbocycles. The van der Waals surface area contributed by atoms with Crippen molar-refractivity contribution in [1.82, 2.24) is 0 Å². The van der Waals surface area contributed by atoms with Crippen molar-refractivity contribution in [1.29, 1.82) is 0 Å². The molecule has 1 aromatic rings. The quantitative estimate of drug-likeness (QED) is 0.554. The lowest BCUT2D eigenvalue weighted by molar-refractivity contribution is 0.112. The molecule has 0 aliphatic carbocycles. The number of unbranched alkanes of at least 4 members (excludes halogenated alkanes) is 2. The van der Waals surface area contributed by atoms with Gasteiger partial charge in [0.1, 0.15) is 6.29 Å². The number of rotatable bonds is 6. The van der Waals surface area contributed by atoms with Crippen molar-refractivity contribution in [2.24, 2.45) is 0 Å². The van der Waals surface area contributed by atoms with Crippen LogP contribution in [0.25, 0.3) is 0 Å². The Labute approximate surface area is 84.6 Å². The molecule has 0 fully saturated rings. The largest absolute Gasteiger partial charge is 0.396 e. The molecule has 1 rings (SSSR count). The van der Waals surface area contributed by atoms with E-state index in [1.54, 1.807) is 0 Å². The van der Waals surface area contributed by atoms with Gasteiger partial charge in [-0.05, 0) is 24.8 Å². The highest BCUT2D eigenvalue weighted by atomic mass is 16.2. The number of hydrogen-bond acceptors (Lipinski definition) is 2. The highest BCUT2D eigenvalue weighted by Gasteiger charge is 1.94. The average molecular weight is 192 g/mol. The third-order valence-corrected chi connectivity index (χ3v) is 2.24. The zero-order valence-electron chi connectivity index (χ0n) is 8.28. The Bertz CT molecular complexity index is 264. The van der Waals surface area contributed by atoms with Crippen LogP contribution in [-0.4, -0.2) is 18.0 Å². The third kappa shape index (κ3) is 3.71. The molecular weight excluding hydrogens is 176 g/mol. The van der Waals surface area contributed by atoms with Crippen LogP contribution in [0.15, 0.2) is 24.3 Å². The molecule has 1 N–H and O–H groups in total. The van der Waals surface area contributed by atoms with Crippen LogP contribution in [0.5, 0.6) is 0 Å². The van der Waals surface area contributed by atoms with Crippen LogP contribution in [-0.2, 0) is 6.42 Å². The number of aryl methyl sites for hydroxylation is 1. The van der Waals surface area contributed by atoms with Gasteiger partial charge in [0.25, 0.3) is 0 Å². The zero-order chi connectivity index (χ0) is 10.2. The number of benzene rings is 1. The number of aliphatic hydroxyl groups excluding tert-OH is 1. The molecule has 0 radical (unpaired) electrons. The molecule has 0 heterocycles. The van der Waals surface area contributed by atoms with Gasteiger partial charge in [-0.25, -0.2) is 0 Å². The first-order valence-corrected chi connectivity index (χ1v) is 5.02. The summed E-state index contributed by atoms with van der Waals surface area (Å²) >= 11 is 0. The van der Waals surface area contributed by atoms with Crippen LogP contribution in [0, 0.1) is 0 Å². The SMILES string of the molecule is O=Cc1ccc(CCCCCO)cc1. The zero-order valence-corrected chi connectivity index (χ0v) is 8.28. The second-order valence-electron chi connectivity index (χ2n) is 3.39.